The zero-order valence-electron chi connectivity index (χ0n) is 11.0. The van der Waals surface area contributed by atoms with Crippen molar-refractivity contribution in [1.82, 2.24) is 9.47 Å². The monoisotopic (exact) mass is 232 g/mol. The van der Waals surface area contributed by atoms with Gasteiger partial charge in [0, 0.05) is 29.7 Å². The summed E-state index contributed by atoms with van der Waals surface area (Å²) in [6.45, 7) is 3.23. The second kappa shape index (κ2) is 4.80. The van der Waals surface area contributed by atoms with E-state index < -0.39 is 0 Å². The Balaban J connectivity index is 2.30. The minimum absolute atomic E-state index is 0.521. The molecule has 0 bridgehead atoms. The molecule has 0 fully saturated rings. The number of fused-ring (bicyclic) bond motifs is 1. The second-order valence-electron chi connectivity index (χ2n) is 4.71. The van der Waals surface area contributed by atoms with Crippen molar-refractivity contribution in [2.24, 2.45) is 0 Å². The highest BCUT2D eigenvalue weighted by Gasteiger charge is 2.08. The minimum atomic E-state index is 0.521. The van der Waals surface area contributed by atoms with Crippen LogP contribution in [0.15, 0.2) is 30.5 Å². The SMILES string of the molecule is COc1ccc2c(ccn2CC(C)N(C)C)c1. The first-order chi connectivity index (χ1) is 8.11. The Morgan fingerprint density at radius 2 is 2.06 bits per heavy atom. The van der Waals surface area contributed by atoms with Crippen LogP contribution in [0.4, 0.5) is 0 Å². The van der Waals surface area contributed by atoms with E-state index in [2.05, 4.69) is 54.9 Å². The molecule has 2 aromatic rings. The molecule has 0 aliphatic carbocycles. The van der Waals surface area contributed by atoms with E-state index in [9.17, 15) is 0 Å². The van der Waals surface area contributed by atoms with E-state index in [1.807, 2.05) is 6.07 Å². The Hall–Kier alpha value is -1.48. The van der Waals surface area contributed by atoms with Crippen LogP contribution in [0.2, 0.25) is 0 Å². The van der Waals surface area contributed by atoms with Crippen LogP contribution in [-0.2, 0) is 6.54 Å². The lowest BCUT2D eigenvalue weighted by molar-refractivity contribution is 0.286. The fraction of sp³-hybridized carbons (Fsp3) is 0.429. The number of benzene rings is 1. The molecule has 3 nitrogen and oxygen atoms in total. The van der Waals surface area contributed by atoms with Gasteiger partial charge in [0.25, 0.3) is 0 Å². The molecule has 0 aliphatic rings. The molecular weight excluding hydrogens is 212 g/mol. The van der Waals surface area contributed by atoms with Gasteiger partial charge in [-0.05, 0) is 45.3 Å². The summed E-state index contributed by atoms with van der Waals surface area (Å²) in [5.74, 6) is 0.913. The molecule has 1 heterocycles. The number of hydrogen-bond acceptors (Lipinski definition) is 2. The Kier molecular flexibility index (Phi) is 3.38. The quantitative estimate of drug-likeness (QED) is 0.806. The lowest BCUT2D eigenvalue weighted by Crippen LogP contribution is -2.28. The minimum Gasteiger partial charge on any atom is -0.497 e. The van der Waals surface area contributed by atoms with E-state index in [4.69, 9.17) is 4.74 Å². The lowest BCUT2D eigenvalue weighted by atomic mass is 10.2. The van der Waals surface area contributed by atoms with Crippen LogP contribution < -0.4 is 4.74 Å². The lowest BCUT2D eigenvalue weighted by Gasteiger charge is -2.20. The first kappa shape index (κ1) is 12.0. The summed E-state index contributed by atoms with van der Waals surface area (Å²) in [4.78, 5) is 2.23. The van der Waals surface area contributed by atoms with Gasteiger partial charge < -0.3 is 14.2 Å². The molecule has 0 radical (unpaired) electrons. The van der Waals surface area contributed by atoms with Gasteiger partial charge in [-0.1, -0.05) is 0 Å². The molecule has 3 heteroatoms. The molecule has 1 unspecified atom stereocenters. The normalized spacial score (nSPS) is 13.2. The van der Waals surface area contributed by atoms with Gasteiger partial charge >= 0.3 is 0 Å². The fourth-order valence-electron chi connectivity index (χ4n) is 1.91. The van der Waals surface area contributed by atoms with E-state index in [1.54, 1.807) is 7.11 Å². The highest BCUT2D eigenvalue weighted by Crippen LogP contribution is 2.22. The zero-order chi connectivity index (χ0) is 12.4. The van der Waals surface area contributed by atoms with Gasteiger partial charge in [-0.25, -0.2) is 0 Å². The molecule has 1 atom stereocenters. The Morgan fingerprint density at radius 1 is 1.29 bits per heavy atom. The number of aromatic nitrogens is 1. The average Bonchev–Trinajstić information content (AvgIpc) is 2.71. The topological polar surface area (TPSA) is 17.4 Å². The summed E-state index contributed by atoms with van der Waals surface area (Å²) in [5.41, 5.74) is 1.26. The van der Waals surface area contributed by atoms with Crippen LogP contribution in [-0.4, -0.2) is 36.7 Å². The number of nitrogens with zero attached hydrogens (tertiary/aromatic N) is 2. The van der Waals surface area contributed by atoms with Crippen LogP contribution in [0, 0.1) is 0 Å². The summed E-state index contributed by atoms with van der Waals surface area (Å²) < 4.78 is 7.52. The van der Waals surface area contributed by atoms with E-state index in [0.29, 0.717) is 6.04 Å². The first-order valence-electron chi connectivity index (χ1n) is 5.91. The average molecular weight is 232 g/mol. The molecule has 1 aromatic heterocycles. The van der Waals surface area contributed by atoms with Crippen molar-refractivity contribution in [2.45, 2.75) is 19.5 Å². The Labute approximate surface area is 103 Å². The van der Waals surface area contributed by atoms with Crippen molar-refractivity contribution >= 4 is 10.9 Å². The van der Waals surface area contributed by atoms with Crippen molar-refractivity contribution in [3.05, 3.63) is 30.5 Å². The third-order valence-corrected chi connectivity index (χ3v) is 3.32. The maximum absolute atomic E-state index is 5.23. The smallest absolute Gasteiger partial charge is 0.119 e. The second-order valence-corrected chi connectivity index (χ2v) is 4.71. The zero-order valence-corrected chi connectivity index (χ0v) is 11.0. The Bertz CT molecular complexity index is 502. The number of likely N-dealkylation sites (N-methyl/N-ethyl adjacent to an activating group) is 1. The van der Waals surface area contributed by atoms with Crippen LogP contribution >= 0.6 is 0 Å². The van der Waals surface area contributed by atoms with Crippen LogP contribution in [0.5, 0.6) is 5.75 Å². The first-order valence-corrected chi connectivity index (χ1v) is 5.91. The van der Waals surface area contributed by atoms with Crippen molar-refractivity contribution in [1.29, 1.82) is 0 Å². The predicted molar refractivity (Wildman–Crippen MR) is 71.6 cm³/mol. The molecule has 0 spiro atoms. The van der Waals surface area contributed by atoms with E-state index in [1.165, 1.54) is 10.9 Å². The molecule has 0 saturated carbocycles. The molecule has 1 aromatic carbocycles. The van der Waals surface area contributed by atoms with Crippen molar-refractivity contribution in [2.75, 3.05) is 21.2 Å². The van der Waals surface area contributed by atoms with Gasteiger partial charge in [0.15, 0.2) is 0 Å². The maximum Gasteiger partial charge on any atom is 0.119 e. The van der Waals surface area contributed by atoms with Gasteiger partial charge in [-0.2, -0.15) is 0 Å². The van der Waals surface area contributed by atoms with E-state index in [-0.39, 0.29) is 0 Å². The number of rotatable bonds is 4. The molecular formula is C14H20N2O. The van der Waals surface area contributed by atoms with Gasteiger partial charge in [-0.15, -0.1) is 0 Å². The standard InChI is InChI=1S/C14H20N2O/c1-11(15(2)3)10-16-8-7-12-9-13(17-4)5-6-14(12)16/h5-9,11H,10H2,1-4H3. The molecule has 17 heavy (non-hydrogen) atoms. The Morgan fingerprint density at radius 3 is 2.71 bits per heavy atom. The van der Waals surface area contributed by atoms with Gasteiger partial charge in [0.1, 0.15) is 5.75 Å². The van der Waals surface area contributed by atoms with Gasteiger partial charge in [-0.3, -0.25) is 0 Å². The molecule has 0 saturated heterocycles. The number of methoxy groups -OCH3 is 1. The molecule has 0 aliphatic heterocycles. The summed E-state index contributed by atoms with van der Waals surface area (Å²) in [6, 6.07) is 8.87. The van der Waals surface area contributed by atoms with Crippen molar-refractivity contribution in [3.63, 3.8) is 0 Å². The third-order valence-electron chi connectivity index (χ3n) is 3.32. The highest BCUT2D eigenvalue weighted by molar-refractivity contribution is 5.81. The number of hydrogen-bond donors (Lipinski definition) is 0. The highest BCUT2D eigenvalue weighted by atomic mass is 16.5. The van der Waals surface area contributed by atoms with E-state index >= 15 is 0 Å². The summed E-state index contributed by atoms with van der Waals surface area (Å²) >= 11 is 0. The fourth-order valence-corrected chi connectivity index (χ4v) is 1.91. The number of ether oxygens (including phenoxy) is 1. The molecule has 92 valence electrons. The van der Waals surface area contributed by atoms with Crippen LogP contribution in [0.25, 0.3) is 10.9 Å². The summed E-state index contributed by atoms with van der Waals surface area (Å²) in [7, 11) is 5.92. The van der Waals surface area contributed by atoms with Crippen LogP contribution in [0.3, 0.4) is 0 Å². The van der Waals surface area contributed by atoms with E-state index in [0.717, 1.165) is 12.3 Å². The molecule has 0 amide bonds. The molecule has 2 rings (SSSR count). The predicted octanol–water partition coefficient (Wildman–Crippen LogP) is 2.60. The molecule has 0 N–H and O–H groups in total. The summed E-state index contributed by atoms with van der Waals surface area (Å²) in [6.07, 6.45) is 2.14. The van der Waals surface area contributed by atoms with Gasteiger partial charge in [0.05, 0.1) is 7.11 Å². The van der Waals surface area contributed by atoms with Crippen molar-refractivity contribution in [3.8, 4) is 5.75 Å². The van der Waals surface area contributed by atoms with Crippen molar-refractivity contribution < 1.29 is 4.74 Å². The summed E-state index contributed by atoms with van der Waals surface area (Å²) in [5, 5.41) is 1.23. The van der Waals surface area contributed by atoms with Crippen LogP contribution in [0.1, 0.15) is 6.92 Å². The van der Waals surface area contributed by atoms with Gasteiger partial charge in [0.2, 0.25) is 0 Å². The maximum atomic E-state index is 5.23. The third kappa shape index (κ3) is 2.44. The largest absolute Gasteiger partial charge is 0.497 e.